The minimum atomic E-state index is -0.213. The van der Waals surface area contributed by atoms with Gasteiger partial charge < -0.3 is 19.4 Å². The van der Waals surface area contributed by atoms with E-state index in [1.165, 1.54) is 0 Å². The number of aromatic nitrogens is 3. The lowest BCUT2D eigenvalue weighted by Crippen LogP contribution is -2.24. The molecule has 1 aliphatic heterocycles. The number of fused-ring (bicyclic) bond motifs is 1. The maximum Gasteiger partial charge on any atom is 0.251 e. The van der Waals surface area contributed by atoms with E-state index >= 15 is 0 Å². The smallest absolute Gasteiger partial charge is 0.251 e. The predicted octanol–water partition coefficient (Wildman–Crippen LogP) is 3.42. The zero-order valence-corrected chi connectivity index (χ0v) is 16.6. The molecule has 0 bridgehead atoms. The van der Waals surface area contributed by atoms with E-state index in [-0.39, 0.29) is 19.2 Å². The molecule has 1 amide bonds. The van der Waals surface area contributed by atoms with E-state index < -0.39 is 0 Å². The van der Waals surface area contributed by atoms with Crippen LogP contribution in [0.2, 0.25) is 5.02 Å². The van der Waals surface area contributed by atoms with Crippen molar-refractivity contribution in [2.24, 2.45) is 7.05 Å². The number of nitrogens with one attached hydrogen (secondary N) is 1. The Labute approximate surface area is 171 Å². The van der Waals surface area contributed by atoms with Crippen LogP contribution in [0.3, 0.4) is 0 Å². The molecule has 0 unspecified atom stereocenters. The van der Waals surface area contributed by atoms with Crippen LogP contribution < -0.4 is 14.8 Å². The highest BCUT2D eigenvalue weighted by molar-refractivity contribution is 7.98. The first-order valence-electron chi connectivity index (χ1n) is 8.53. The lowest BCUT2D eigenvalue weighted by atomic mass is 10.2. The summed E-state index contributed by atoms with van der Waals surface area (Å²) < 4.78 is 12.4. The lowest BCUT2D eigenvalue weighted by Gasteiger charge is -2.07. The van der Waals surface area contributed by atoms with E-state index in [0.717, 1.165) is 16.5 Å². The summed E-state index contributed by atoms with van der Waals surface area (Å²) >= 11 is 7.58. The number of thioether (sulfide) groups is 1. The highest BCUT2D eigenvalue weighted by Gasteiger charge is 2.17. The summed E-state index contributed by atoms with van der Waals surface area (Å²) in [5.74, 6) is 2.41. The zero-order chi connectivity index (χ0) is 19.5. The van der Waals surface area contributed by atoms with Crippen LogP contribution in [0.15, 0.2) is 47.6 Å². The Balaban J connectivity index is 1.36. The first kappa shape index (κ1) is 18.6. The fourth-order valence-corrected chi connectivity index (χ4v) is 3.78. The maximum absolute atomic E-state index is 12.4. The van der Waals surface area contributed by atoms with Crippen molar-refractivity contribution in [3.05, 3.63) is 64.4 Å². The summed E-state index contributed by atoms with van der Waals surface area (Å²) in [5, 5.41) is 12.7. The van der Waals surface area contributed by atoms with Gasteiger partial charge in [-0.3, -0.25) is 4.79 Å². The van der Waals surface area contributed by atoms with E-state index in [2.05, 4.69) is 15.5 Å². The summed E-state index contributed by atoms with van der Waals surface area (Å²) in [6.45, 7) is 0.448. The van der Waals surface area contributed by atoms with E-state index in [1.807, 2.05) is 35.9 Å². The van der Waals surface area contributed by atoms with Crippen molar-refractivity contribution in [3.8, 4) is 11.5 Å². The van der Waals surface area contributed by atoms with Crippen LogP contribution in [0.1, 0.15) is 21.7 Å². The topological polar surface area (TPSA) is 78.3 Å². The standard InChI is InChI=1S/C19H17ClN4O3S/c1-24-17(22-23-19(24)28-10-12-3-2-4-14(20)7-12)9-21-18(25)13-5-6-15-16(8-13)27-11-26-15/h2-8H,9-11H2,1H3,(H,21,25). The molecule has 0 atom stereocenters. The van der Waals surface area contributed by atoms with Gasteiger partial charge in [-0.1, -0.05) is 35.5 Å². The Kier molecular flexibility index (Phi) is 5.40. The third-order valence-electron chi connectivity index (χ3n) is 4.22. The number of hydrogen-bond donors (Lipinski definition) is 1. The molecule has 144 valence electrons. The quantitative estimate of drug-likeness (QED) is 0.620. The molecule has 0 aliphatic carbocycles. The second-order valence-corrected chi connectivity index (χ2v) is 7.51. The van der Waals surface area contributed by atoms with Crippen molar-refractivity contribution in [2.45, 2.75) is 17.5 Å². The first-order valence-corrected chi connectivity index (χ1v) is 9.90. The van der Waals surface area contributed by atoms with Gasteiger partial charge in [0, 0.05) is 23.4 Å². The molecule has 3 aromatic rings. The first-order chi connectivity index (χ1) is 13.6. The fourth-order valence-electron chi connectivity index (χ4n) is 2.70. The molecule has 9 heteroatoms. The lowest BCUT2D eigenvalue weighted by molar-refractivity contribution is 0.0949. The molecule has 0 radical (unpaired) electrons. The highest BCUT2D eigenvalue weighted by Crippen LogP contribution is 2.32. The summed E-state index contributed by atoms with van der Waals surface area (Å²) in [6.07, 6.45) is 0. The van der Waals surface area contributed by atoms with Crippen LogP contribution in [-0.2, 0) is 19.3 Å². The van der Waals surface area contributed by atoms with Crippen molar-refractivity contribution in [2.75, 3.05) is 6.79 Å². The van der Waals surface area contributed by atoms with Gasteiger partial charge in [0.05, 0.1) is 6.54 Å². The predicted molar refractivity (Wildman–Crippen MR) is 106 cm³/mol. The van der Waals surface area contributed by atoms with Gasteiger partial charge in [-0.15, -0.1) is 10.2 Å². The number of carbonyl (C=O) groups excluding carboxylic acids is 1. The van der Waals surface area contributed by atoms with Gasteiger partial charge in [0.1, 0.15) is 0 Å². The molecule has 0 fully saturated rings. The molecular weight excluding hydrogens is 400 g/mol. The van der Waals surface area contributed by atoms with Crippen LogP contribution >= 0.6 is 23.4 Å². The second-order valence-electron chi connectivity index (χ2n) is 6.13. The van der Waals surface area contributed by atoms with Gasteiger partial charge in [0.25, 0.3) is 5.91 Å². The molecule has 2 heterocycles. The Morgan fingerprint density at radius 1 is 1.21 bits per heavy atom. The number of ether oxygens (including phenoxy) is 2. The molecule has 7 nitrogen and oxygen atoms in total. The van der Waals surface area contributed by atoms with Crippen molar-refractivity contribution in [1.29, 1.82) is 0 Å². The average molecular weight is 417 g/mol. The molecule has 1 N–H and O–H groups in total. The molecule has 0 saturated heterocycles. The highest BCUT2D eigenvalue weighted by atomic mass is 35.5. The normalized spacial score (nSPS) is 12.2. The van der Waals surface area contributed by atoms with Crippen molar-refractivity contribution < 1.29 is 14.3 Å². The van der Waals surface area contributed by atoms with Gasteiger partial charge in [0.2, 0.25) is 6.79 Å². The number of benzene rings is 2. The zero-order valence-electron chi connectivity index (χ0n) is 15.0. The molecule has 4 rings (SSSR count). The van der Waals surface area contributed by atoms with E-state index in [4.69, 9.17) is 21.1 Å². The number of amides is 1. The van der Waals surface area contributed by atoms with Gasteiger partial charge in [-0.25, -0.2) is 0 Å². The van der Waals surface area contributed by atoms with Crippen LogP contribution in [0, 0.1) is 0 Å². The Hall–Kier alpha value is -2.71. The average Bonchev–Trinajstić information content (AvgIpc) is 3.30. The summed E-state index contributed by atoms with van der Waals surface area (Å²) in [5.41, 5.74) is 1.61. The van der Waals surface area contributed by atoms with Crippen LogP contribution in [0.4, 0.5) is 0 Å². The number of halogens is 1. The fraction of sp³-hybridized carbons (Fsp3) is 0.211. The maximum atomic E-state index is 12.4. The number of rotatable bonds is 6. The van der Waals surface area contributed by atoms with Crippen molar-refractivity contribution in [1.82, 2.24) is 20.1 Å². The molecule has 28 heavy (non-hydrogen) atoms. The Morgan fingerprint density at radius 2 is 2.07 bits per heavy atom. The van der Waals surface area contributed by atoms with E-state index in [1.54, 1.807) is 30.0 Å². The minimum Gasteiger partial charge on any atom is -0.454 e. The van der Waals surface area contributed by atoms with E-state index in [9.17, 15) is 4.79 Å². The Bertz CT molecular complexity index is 1020. The Morgan fingerprint density at radius 3 is 2.93 bits per heavy atom. The summed E-state index contributed by atoms with van der Waals surface area (Å²) in [4.78, 5) is 12.4. The third kappa shape index (κ3) is 4.07. The van der Waals surface area contributed by atoms with Crippen LogP contribution in [0.5, 0.6) is 11.5 Å². The number of nitrogens with zero attached hydrogens (tertiary/aromatic N) is 3. The molecule has 1 aliphatic rings. The van der Waals surface area contributed by atoms with Gasteiger partial charge >= 0.3 is 0 Å². The van der Waals surface area contributed by atoms with Crippen LogP contribution in [-0.4, -0.2) is 27.5 Å². The summed E-state index contributed by atoms with van der Waals surface area (Å²) in [7, 11) is 1.88. The summed E-state index contributed by atoms with van der Waals surface area (Å²) in [6, 6.07) is 12.8. The van der Waals surface area contributed by atoms with Crippen LogP contribution in [0.25, 0.3) is 0 Å². The van der Waals surface area contributed by atoms with E-state index in [0.29, 0.717) is 27.9 Å². The molecule has 0 saturated carbocycles. The number of carbonyl (C=O) groups is 1. The molecule has 0 spiro atoms. The van der Waals surface area contributed by atoms with Gasteiger partial charge in [-0.05, 0) is 35.9 Å². The molecule has 1 aromatic heterocycles. The minimum absolute atomic E-state index is 0.176. The van der Waals surface area contributed by atoms with Gasteiger partial charge in [0.15, 0.2) is 22.5 Å². The third-order valence-corrected chi connectivity index (χ3v) is 5.55. The second kappa shape index (κ2) is 8.12. The van der Waals surface area contributed by atoms with Crippen molar-refractivity contribution >= 4 is 29.3 Å². The molecular formula is C19H17ClN4O3S. The monoisotopic (exact) mass is 416 g/mol. The largest absolute Gasteiger partial charge is 0.454 e. The van der Waals surface area contributed by atoms with Gasteiger partial charge in [-0.2, -0.15) is 0 Å². The number of hydrogen-bond acceptors (Lipinski definition) is 6. The molecule has 2 aromatic carbocycles. The van der Waals surface area contributed by atoms with Crippen molar-refractivity contribution in [3.63, 3.8) is 0 Å². The SMILES string of the molecule is Cn1c(CNC(=O)c2ccc3c(c2)OCO3)nnc1SCc1cccc(Cl)c1.